The van der Waals surface area contributed by atoms with E-state index in [-0.39, 0.29) is 11.7 Å². The number of benzene rings is 1. The Balaban J connectivity index is 1.56. The summed E-state index contributed by atoms with van der Waals surface area (Å²) in [5.41, 5.74) is 5.74. The Bertz CT molecular complexity index is 1370. The van der Waals surface area contributed by atoms with Crippen LogP contribution >= 0.6 is 0 Å². The van der Waals surface area contributed by atoms with Crippen LogP contribution in [0.15, 0.2) is 35.1 Å². The Kier molecular flexibility index (Phi) is 6.81. The first kappa shape index (κ1) is 24.5. The van der Waals surface area contributed by atoms with Crippen molar-refractivity contribution in [1.29, 1.82) is 5.26 Å². The van der Waals surface area contributed by atoms with Crippen LogP contribution in [0.2, 0.25) is 0 Å². The zero-order valence-electron chi connectivity index (χ0n) is 21.9. The maximum Gasteiger partial charge on any atom is 0.349 e. The standard InChI is InChI=1S/C29H36N6O/c1-5-22-18-35(28-27-26(33(4)29(36)32-28)14-12-21(16-30)31-27)23(6-2)17-34(22)25-10-8-7-9-20-15-19(3)11-13-24(20)25/h11-15,22-23,25H,5-10,17-18H2,1-4H3/t22-,23+,25+/m1/s1. The summed E-state index contributed by atoms with van der Waals surface area (Å²) in [5, 5.41) is 9.48. The lowest BCUT2D eigenvalue weighted by Gasteiger charge is -2.50. The van der Waals surface area contributed by atoms with Crippen LogP contribution in [0.5, 0.6) is 0 Å². The van der Waals surface area contributed by atoms with Crippen molar-refractivity contribution in [3.05, 3.63) is 63.2 Å². The van der Waals surface area contributed by atoms with Gasteiger partial charge in [-0.2, -0.15) is 10.2 Å². The van der Waals surface area contributed by atoms with Gasteiger partial charge in [0.05, 0.1) is 5.52 Å². The molecule has 0 bridgehead atoms. The fourth-order valence-electron chi connectivity index (χ4n) is 6.23. The van der Waals surface area contributed by atoms with Gasteiger partial charge in [0.15, 0.2) is 5.82 Å². The van der Waals surface area contributed by atoms with Crippen molar-refractivity contribution >= 4 is 16.9 Å². The molecule has 0 radical (unpaired) electrons. The second-order valence-electron chi connectivity index (χ2n) is 10.4. The molecule has 36 heavy (non-hydrogen) atoms. The van der Waals surface area contributed by atoms with E-state index in [0.717, 1.165) is 32.4 Å². The molecule has 7 heteroatoms. The number of piperazine rings is 1. The Labute approximate surface area is 213 Å². The number of nitriles is 1. The predicted octanol–water partition coefficient (Wildman–Crippen LogP) is 4.66. The maximum atomic E-state index is 12.8. The third-order valence-electron chi connectivity index (χ3n) is 8.23. The Hall–Kier alpha value is -3.24. The number of nitrogens with zero attached hydrogens (tertiary/aromatic N) is 6. The van der Waals surface area contributed by atoms with Gasteiger partial charge in [-0.15, -0.1) is 0 Å². The van der Waals surface area contributed by atoms with E-state index in [9.17, 15) is 10.1 Å². The smallest absolute Gasteiger partial charge is 0.349 e. The predicted molar refractivity (Wildman–Crippen MR) is 143 cm³/mol. The SMILES string of the molecule is CC[C@H]1CN([C@H]2CCCCc3cc(C)ccc32)[C@H](CC)CN1c1nc(=O)n(C)c2ccc(C#N)nc12. The Morgan fingerprint density at radius 3 is 2.61 bits per heavy atom. The first-order valence-corrected chi connectivity index (χ1v) is 13.3. The molecule has 0 unspecified atom stereocenters. The first-order valence-electron chi connectivity index (χ1n) is 13.3. The molecule has 1 aliphatic carbocycles. The van der Waals surface area contributed by atoms with Crippen molar-refractivity contribution in [1.82, 2.24) is 19.4 Å². The van der Waals surface area contributed by atoms with Gasteiger partial charge < -0.3 is 4.90 Å². The van der Waals surface area contributed by atoms with E-state index in [1.807, 2.05) is 6.07 Å². The number of aryl methyl sites for hydroxylation is 3. The van der Waals surface area contributed by atoms with E-state index in [2.05, 4.69) is 64.8 Å². The molecule has 2 aromatic heterocycles. The van der Waals surface area contributed by atoms with Crippen molar-refractivity contribution in [2.45, 2.75) is 77.4 Å². The minimum absolute atomic E-state index is 0.209. The molecule has 3 aromatic rings. The second-order valence-corrected chi connectivity index (χ2v) is 10.4. The monoisotopic (exact) mass is 484 g/mol. The molecule has 0 amide bonds. The number of fused-ring (bicyclic) bond motifs is 2. The highest BCUT2D eigenvalue weighted by atomic mass is 16.1. The zero-order chi connectivity index (χ0) is 25.4. The molecule has 1 fully saturated rings. The molecular weight excluding hydrogens is 448 g/mol. The van der Waals surface area contributed by atoms with Crippen molar-refractivity contribution in [2.24, 2.45) is 7.05 Å². The maximum absolute atomic E-state index is 12.8. The molecule has 1 saturated heterocycles. The number of hydrogen-bond donors (Lipinski definition) is 0. The number of aromatic nitrogens is 3. The van der Waals surface area contributed by atoms with Gasteiger partial charge in [-0.3, -0.25) is 9.47 Å². The fraction of sp³-hybridized carbons (Fsp3) is 0.517. The van der Waals surface area contributed by atoms with Crippen LogP contribution in [0.3, 0.4) is 0 Å². The molecule has 3 atom stereocenters. The molecular formula is C29H36N6O. The summed E-state index contributed by atoms with van der Waals surface area (Å²) in [5.74, 6) is 0.618. The summed E-state index contributed by atoms with van der Waals surface area (Å²) in [7, 11) is 1.71. The summed E-state index contributed by atoms with van der Waals surface area (Å²) < 4.78 is 1.52. The van der Waals surface area contributed by atoms with Gasteiger partial charge in [0.25, 0.3) is 0 Å². The summed E-state index contributed by atoms with van der Waals surface area (Å²) in [4.78, 5) is 27.0. The van der Waals surface area contributed by atoms with Gasteiger partial charge in [-0.25, -0.2) is 9.78 Å². The van der Waals surface area contributed by atoms with Gasteiger partial charge >= 0.3 is 5.69 Å². The highest BCUT2D eigenvalue weighted by Crippen LogP contribution is 2.39. The third-order valence-corrected chi connectivity index (χ3v) is 8.23. The number of hydrogen-bond acceptors (Lipinski definition) is 6. The van der Waals surface area contributed by atoms with E-state index in [1.165, 1.54) is 40.5 Å². The number of pyridine rings is 1. The van der Waals surface area contributed by atoms with Crippen LogP contribution in [0.4, 0.5) is 5.82 Å². The molecule has 188 valence electrons. The van der Waals surface area contributed by atoms with Gasteiger partial charge in [-0.1, -0.05) is 44.0 Å². The van der Waals surface area contributed by atoms with Gasteiger partial charge in [0, 0.05) is 38.3 Å². The Morgan fingerprint density at radius 2 is 1.86 bits per heavy atom. The molecule has 0 N–H and O–H groups in total. The number of rotatable bonds is 4. The topological polar surface area (TPSA) is 78.0 Å². The van der Waals surface area contributed by atoms with Crippen molar-refractivity contribution in [2.75, 3.05) is 18.0 Å². The molecule has 1 aliphatic heterocycles. The lowest BCUT2D eigenvalue weighted by molar-refractivity contribution is 0.0867. The van der Waals surface area contributed by atoms with Crippen molar-refractivity contribution in [3.63, 3.8) is 0 Å². The van der Waals surface area contributed by atoms with Crippen LogP contribution < -0.4 is 10.6 Å². The largest absolute Gasteiger partial charge is 0.349 e. The van der Waals surface area contributed by atoms with Crippen LogP contribution in [0.25, 0.3) is 11.0 Å². The molecule has 7 nitrogen and oxygen atoms in total. The average molecular weight is 485 g/mol. The average Bonchev–Trinajstić information content (AvgIpc) is 3.11. The summed E-state index contributed by atoms with van der Waals surface area (Å²) in [6.45, 7) is 8.37. The first-order chi connectivity index (χ1) is 17.4. The lowest BCUT2D eigenvalue weighted by Crippen LogP contribution is -2.59. The lowest BCUT2D eigenvalue weighted by atomic mass is 9.92. The number of anilines is 1. The summed E-state index contributed by atoms with van der Waals surface area (Å²) in [6.07, 6.45) is 6.80. The third kappa shape index (κ3) is 4.28. The molecule has 3 heterocycles. The van der Waals surface area contributed by atoms with Crippen molar-refractivity contribution < 1.29 is 0 Å². The molecule has 2 aliphatic rings. The van der Waals surface area contributed by atoms with Crippen molar-refractivity contribution in [3.8, 4) is 6.07 Å². The normalized spacial score (nSPS) is 22.8. The van der Waals surface area contributed by atoms with E-state index in [0.29, 0.717) is 34.6 Å². The fourth-order valence-corrected chi connectivity index (χ4v) is 6.23. The highest BCUT2D eigenvalue weighted by molar-refractivity contribution is 5.86. The molecule has 0 spiro atoms. The zero-order valence-corrected chi connectivity index (χ0v) is 21.9. The highest BCUT2D eigenvalue weighted by Gasteiger charge is 2.38. The van der Waals surface area contributed by atoms with Gasteiger partial charge in [-0.05, 0) is 62.3 Å². The summed E-state index contributed by atoms with van der Waals surface area (Å²) >= 11 is 0. The molecule has 0 saturated carbocycles. The van der Waals surface area contributed by atoms with E-state index >= 15 is 0 Å². The van der Waals surface area contributed by atoms with Gasteiger partial charge in [0.1, 0.15) is 17.3 Å². The van der Waals surface area contributed by atoms with Crippen LogP contribution in [0, 0.1) is 18.3 Å². The Morgan fingerprint density at radius 1 is 1.06 bits per heavy atom. The van der Waals surface area contributed by atoms with Crippen LogP contribution in [-0.2, 0) is 13.5 Å². The quantitative estimate of drug-likeness (QED) is 0.502. The molecule has 1 aromatic carbocycles. The minimum atomic E-state index is -0.289. The van der Waals surface area contributed by atoms with E-state index in [1.54, 1.807) is 13.1 Å². The second kappa shape index (κ2) is 10.0. The van der Waals surface area contributed by atoms with Crippen LogP contribution in [0.1, 0.15) is 74.4 Å². The van der Waals surface area contributed by atoms with Gasteiger partial charge in [0.2, 0.25) is 0 Å². The van der Waals surface area contributed by atoms with E-state index < -0.39 is 0 Å². The molecule has 5 rings (SSSR count). The van der Waals surface area contributed by atoms with Crippen LogP contribution in [-0.4, -0.2) is 44.6 Å². The van der Waals surface area contributed by atoms with E-state index in [4.69, 9.17) is 0 Å². The summed E-state index contributed by atoms with van der Waals surface area (Å²) in [6, 6.07) is 13.6. The minimum Gasteiger partial charge on any atom is -0.349 e.